The van der Waals surface area contributed by atoms with Crippen molar-refractivity contribution in [1.29, 1.82) is 0 Å². The van der Waals surface area contributed by atoms with E-state index in [1.165, 1.54) is 6.26 Å². The number of aliphatic hydroxyl groups excluding tert-OH is 1. The van der Waals surface area contributed by atoms with E-state index in [9.17, 15) is 0 Å². The van der Waals surface area contributed by atoms with Crippen molar-refractivity contribution in [2.45, 2.75) is 31.2 Å². The van der Waals surface area contributed by atoms with Crippen molar-refractivity contribution in [2.75, 3.05) is 6.61 Å². The van der Waals surface area contributed by atoms with Gasteiger partial charge in [-0.15, -0.1) is 0 Å². The molecule has 4 atom stereocenters. The van der Waals surface area contributed by atoms with Crippen LogP contribution in [0.5, 0.6) is 0 Å². The Kier molecular flexibility index (Phi) is 2.07. The molecule has 3 heteroatoms. The fraction of sp³-hybridized carbons (Fsp3) is 0.778. The van der Waals surface area contributed by atoms with Crippen molar-refractivity contribution in [2.24, 2.45) is 5.92 Å². The first kappa shape index (κ1) is 8.08. The molecule has 0 saturated carbocycles. The molecule has 4 unspecified atom stereocenters. The molecule has 2 aliphatic rings. The largest absolute Gasteiger partial charge is 0.496 e. The standard InChI is InChI=1S/C9H14O3/c1-2-11-8-4-7-3-6(5-10)9(8)12-7/h2,6-10H,1,3-5H2. The highest BCUT2D eigenvalue weighted by atomic mass is 16.6. The summed E-state index contributed by atoms with van der Waals surface area (Å²) in [5.41, 5.74) is 0. The van der Waals surface area contributed by atoms with Gasteiger partial charge in [-0.1, -0.05) is 6.58 Å². The molecule has 2 fully saturated rings. The highest BCUT2D eigenvalue weighted by molar-refractivity contribution is 4.96. The van der Waals surface area contributed by atoms with E-state index in [0.29, 0.717) is 6.10 Å². The summed E-state index contributed by atoms with van der Waals surface area (Å²) in [6, 6.07) is 0. The Bertz CT molecular complexity index is 181. The molecule has 0 aromatic carbocycles. The van der Waals surface area contributed by atoms with E-state index in [1.54, 1.807) is 0 Å². The van der Waals surface area contributed by atoms with Crippen LogP contribution >= 0.6 is 0 Å². The molecule has 0 aromatic heterocycles. The fourth-order valence-corrected chi connectivity index (χ4v) is 2.23. The Morgan fingerprint density at radius 3 is 3.00 bits per heavy atom. The third-order valence-corrected chi connectivity index (χ3v) is 2.75. The molecule has 2 heterocycles. The summed E-state index contributed by atoms with van der Waals surface area (Å²) in [4.78, 5) is 0. The van der Waals surface area contributed by atoms with E-state index in [2.05, 4.69) is 6.58 Å². The fourth-order valence-electron chi connectivity index (χ4n) is 2.23. The first-order valence-electron chi connectivity index (χ1n) is 4.38. The number of rotatable bonds is 3. The van der Waals surface area contributed by atoms with E-state index >= 15 is 0 Å². The minimum absolute atomic E-state index is 0.0954. The Balaban J connectivity index is 1.99. The van der Waals surface area contributed by atoms with Crippen LogP contribution in [0.15, 0.2) is 12.8 Å². The van der Waals surface area contributed by atoms with Gasteiger partial charge in [-0.3, -0.25) is 0 Å². The average Bonchev–Trinajstić information content (AvgIpc) is 2.62. The molecule has 1 N–H and O–H groups in total. The molecule has 0 radical (unpaired) electrons. The van der Waals surface area contributed by atoms with Gasteiger partial charge in [0.1, 0.15) is 6.10 Å². The Hall–Kier alpha value is -0.540. The molecule has 3 nitrogen and oxygen atoms in total. The normalized spacial score (nSPS) is 44.8. The maximum Gasteiger partial charge on any atom is 0.127 e. The summed E-state index contributed by atoms with van der Waals surface area (Å²) in [5, 5.41) is 9.01. The SMILES string of the molecule is C=COC1CC2CC(CO)C1O2. The van der Waals surface area contributed by atoms with Crippen LogP contribution in [-0.2, 0) is 9.47 Å². The summed E-state index contributed by atoms with van der Waals surface area (Å²) in [7, 11) is 0. The maximum absolute atomic E-state index is 9.01. The second kappa shape index (κ2) is 3.07. The van der Waals surface area contributed by atoms with E-state index in [0.717, 1.165) is 12.8 Å². The number of fused-ring (bicyclic) bond motifs is 2. The third kappa shape index (κ3) is 1.13. The van der Waals surface area contributed by atoms with Crippen LogP contribution in [0.4, 0.5) is 0 Å². The van der Waals surface area contributed by atoms with Gasteiger partial charge in [-0.05, 0) is 6.42 Å². The Morgan fingerprint density at radius 1 is 1.58 bits per heavy atom. The Labute approximate surface area is 72.0 Å². The molecule has 12 heavy (non-hydrogen) atoms. The predicted molar refractivity (Wildman–Crippen MR) is 43.5 cm³/mol. The lowest BCUT2D eigenvalue weighted by Crippen LogP contribution is -2.33. The first-order valence-corrected chi connectivity index (χ1v) is 4.38. The minimum Gasteiger partial charge on any atom is -0.496 e. The van der Waals surface area contributed by atoms with Crippen LogP contribution in [-0.4, -0.2) is 30.0 Å². The van der Waals surface area contributed by atoms with Gasteiger partial charge in [0, 0.05) is 18.9 Å². The van der Waals surface area contributed by atoms with Crippen molar-refractivity contribution in [1.82, 2.24) is 0 Å². The van der Waals surface area contributed by atoms with Gasteiger partial charge in [0.2, 0.25) is 0 Å². The van der Waals surface area contributed by atoms with E-state index in [1.807, 2.05) is 0 Å². The second-order valence-corrected chi connectivity index (χ2v) is 3.48. The van der Waals surface area contributed by atoms with Gasteiger partial charge in [0.15, 0.2) is 0 Å². The van der Waals surface area contributed by atoms with E-state index in [-0.39, 0.29) is 24.7 Å². The van der Waals surface area contributed by atoms with Crippen LogP contribution in [0.1, 0.15) is 12.8 Å². The number of hydrogen-bond acceptors (Lipinski definition) is 3. The third-order valence-electron chi connectivity index (χ3n) is 2.75. The summed E-state index contributed by atoms with van der Waals surface area (Å²) in [5.74, 6) is 0.272. The first-order chi connectivity index (χ1) is 5.85. The van der Waals surface area contributed by atoms with Gasteiger partial charge >= 0.3 is 0 Å². The quantitative estimate of drug-likeness (QED) is 0.633. The number of ether oxygens (including phenoxy) is 2. The highest BCUT2D eigenvalue weighted by Gasteiger charge is 2.48. The van der Waals surface area contributed by atoms with Crippen molar-refractivity contribution < 1.29 is 14.6 Å². The number of aliphatic hydroxyl groups is 1. The van der Waals surface area contributed by atoms with Gasteiger partial charge < -0.3 is 14.6 Å². The zero-order valence-electron chi connectivity index (χ0n) is 6.98. The summed E-state index contributed by atoms with van der Waals surface area (Å²) < 4.78 is 10.9. The van der Waals surface area contributed by atoms with Gasteiger partial charge in [-0.2, -0.15) is 0 Å². The molecule has 0 aromatic rings. The molecule has 2 saturated heterocycles. The second-order valence-electron chi connectivity index (χ2n) is 3.48. The van der Waals surface area contributed by atoms with Crippen LogP contribution < -0.4 is 0 Å². The molecular formula is C9H14O3. The lowest BCUT2D eigenvalue weighted by molar-refractivity contribution is 0.0114. The molecule has 2 bridgehead atoms. The summed E-state index contributed by atoms with van der Waals surface area (Å²) in [6.45, 7) is 3.72. The minimum atomic E-state index is 0.0954. The zero-order valence-corrected chi connectivity index (χ0v) is 6.98. The molecule has 0 spiro atoms. The lowest BCUT2D eigenvalue weighted by Gasteiger charge is -2.24. The average molecular weight is 170 g/mol. The zero-order chi connectivity index (χ0) is 8.55. The van der Waals surface area contributed by atoms with Crippen LogP contribution in [0.2, 0.25) is 0 Å². The van der Waals surface area contributed by atoms with Crippen molar-refractivity contribution in [3.63, 3.8) is 0 Å². The monoisotopic (exact) mass is 170 g/mol. The van der Waals surface area contributed by atoms with Crippen LogP contribution in [0, 0.1) is 5.92 Å². The molecule has 0 aliphatic carbocycles. The predicted octanol–water partition coefficient (Wildman–Crippen LogP) is 0.685. The molecule has 2 rings (SSSR count). The van der Waals surface area contributed by atoms with E-state index < -0.39 is 0 Å². The lowest BCUT2D eigenvalue weighted by atomic mass is 9.88. The maximum atomic E-state index is 9.01. The molecule has 2 aliphatic heterocycles. The molecule has 68 valence electrons. The van der Waals surface area contributed by atoms with Gasteiger partial charge in [-0.25, -0.2) is 0 Å². The van der Waals surface area contributed by atoms with Crippen LogP contribution in [0.3, 0.4) is 0 Å². The number of hydrogen-bond donors (Lipinski definition) is 1. The topological polar surface area (TPSA) is 38.7 Å². The smallest absolute Gasteiger partial charge is 0.127 e. The van der Waals surface area contributed by atoms with Gasteiger partial charge in [0.05, 0.1) is 18.5 Å². The van der Waals surface area contributed by atoms with Gasteiger partial charge in [0.25, 0.3) is 0 Å². The van der Waals surface area contributed by atoms with Crippen LogP contribution in [0.25, 0.3) is 0 Å². The summed E-state index contributed by atoms with van der Waals surface area (Å²) >= 11 is 0. The van der Waals surface area contributed by atoms with E-state index in [4.69, 9.17) is 14.6 Å². The molecule has 0 amide bonds. The van der Waals surface area contributed by atoms with Crippen molar-refractivity contribution in [3.8, 4) is 0 Å². The molecular weight excluding hydrogens is 156 g/mol. The summed E-state index contributed by atoms with van der Waals surface area (Å²) in [6.07, 6.45) is 3.92. The van der Waals surface area contributed by atoms with Crippen molar-refractivity contribution in [3.05, 3.63) is 12.8 Å². The highest BCUT2D eigenvalue weighted by Crippen LogP contribution is 2.40. The van der Waals surface area contributed by atoms with Crippen molar-refractivity contribution >= 4 is 0 Å². The Morgan fingerprint density at radius 2 is 2.42 bits per heavy atom.